The van der Waals surface area contributed by atoms with Crippen LogP contribution in [0.25, 0.3) is 0 Å². The van der Waals surface area contributed by atoms with Crippen molar-refractivity contribution in [3.05, 3.63) is 85.1 Å². The van der Waals surface area contributed by atoms with E-state index < -0.39 is 67.4 Å². The first-order valence-electron chi connectivity index (χ1n) is 36.9. The van der Waals surface area contributed by atoms with E-state index in [-0.39, 0.29) is 19.4 Å². The second kappa shape index (κ2) is 64.0. The standard InChI is InChI=1S/C77H137NO10/c1-4-7-10-13-16-19-22-25-27-29-31-33-34-35-36-37-38-39-41-43-45-47-50-53-56-59-62-65-72(82)88-75-74(84)73(83)71(66-79)87-77(75)86-67-68(69(80)63-60-57-54-51-48-24-21-18-15-12-9-6-3)78-76(85)70(81)64-61-58-55-52-49-46-44-42-40-32-30-28-26-23-20-17-14-11-8-5-2/h7,10,16,19,25-28,31,33,35-36,60,63,68-71,73-75,77,79-81,83-84H,4-6,8-9,11-15,17-18,20-24,29-30,32,34,37-59,61-62,64-67H2,1-3H3,(H,78,85)/b10-7-,19-16-,27-25-,28-26+,33-31-,36-35-,63-60+. The number of aliphatic hydroxyl groups is 5. The first kappa shape index (κ1) is 82.9. The van der Waals surface area contributed by atoms with Crippen molar-refractivity contribution in [1.29, 1.82) is 0 Å². The first-order chi connectivity index (χ1) is 43.2. The number of hydrogen-bond acceptors (Lipinski definition) is 10. The molecule has 11 heteroatoms. The zero-order valence-corrected chi connectivity index (χ0v) is 56.8. The summed E-state index contributed by atoms with van der Waals surface area (Å²) in [7, 11) is 0. The Morgan fingerprint density at radius 3 is 1.24 bits per heavy atom. The largest absolute Gasteiger partial charge is 0.454 e. The van der Waals surface area contributed by atoms with E-state index in [2.05, 4.69) is 99.0 Å². The maximum Gasteiger partial charge on any atom is 0.306 e. The van der Waals surface area contributed by atoms with Crippen LogP contribution in [0.4, 0.5) is 0 Å². The lowest BCUT2D eigenvalue weighted by atomic mass is 9.99. The molecule has 1 saturated heterocycles. The summed E-state index contributed by atoms with van der Waals surface area (Å²) in [5.74, 6) is -1.19. The van der Waals surface area contributed by atoms with Crippen molar-refractivity contribution in [2.75, 3.05) is 13.2 Å². The second-order valence-electron chi connectivity index (χ2n) is 25.3. The number of carbonyl (C=O) groups is 2. The molecule has 88 heavy (non-hydrogen) atoms. The Morgan fingerprint density at radius 2 is 0.818 bits per heavy atom. The Hall–Kier alpha value is -3.16. The first-order valence-corrected chi connectivity index (χ1v) is 36.9. The molecule has 1 aliphatic rings. The van der Waals surface area contributed by atoms with Gasteiger partial charge in [-0.2, -0.15) is 0 Å². The van der Waals surface area contributed by atoms with Crippen molar-refractivity contribution in [3.8, 4) is 0 Å². The van der Waals surface area contributed by atoms with Crippen molar-refractivity contribution in [3.63, 3.8) is 0 Å². The maximum absolute atomic E-state index is 13.5. The fraction of sp³-hybridized carbons (Fsp3) is 0.792. The molecule has 0 saturated carbocycles. The molecule has 0 bridgehead atoms. The van der Waals surface area contributed by atoms with Crippen LogP contribution in [-0.2, 0) is 23.8 Å². The molecule has 1 aliphatic heterocycles. The molecular formula is C77H137NO10. The monoisotopic (exact) mass is 1240 g/mol. The van der Waals surface area contributed by atoms with E-state index in [1.54, 1.807) is 6.08 Å². The second-order valence-corrected chi connectivity index (χ2v) is 25.3. The summed E-state index contributed by atoms with van der Waals surface area (Å²) in [6.07, 6.45) is 74.8. The van der Waals surface area contributed by atoms with Gasteiger partial charge in [0.2, 0.25) is 5.91 Å². The molecule has 0 aromatic heterocycles. The van der Waals surface area contributed by atoms with Gasteiger partial charge in [0.1, 0.15) is 24.4 Å². The van der Waals surface area contributed by atoms with Gasteiger partial charge >= 0.3 is 5.97 Å². The maximum atomic E-state index is 13.5. The van der Waals surface area contributed by atoms with Crippen LogP contribution in [0.15, 0.2) is 85.1 Å². The van der Waals surface area contributed by atoms with Crippen LogP contribution in [0.5, 0.6) is 0 Å². The van der Waals surface area contributed by atoms with Crippen LogP contribution < -0.4 is 5.32 Å². The Balaban J connectivity index is 2.54. The molecule has 0 spiro atoms. The number of amides is 1. The molecule has 8 atom stereocenters. The van der Waals surface area contributed by atoms with E-state index in [9.17, 15) is 35.1 Å². The van der Waals surface area contributed by atoms with Gasteiger partial charge in [-0.3, -0.25) is 9.59 Å². The molecular weight excluding hydrogens is 1100 g/mol. The van der Waals surface area contributed by atoms with Gasteiger partial charge in [-0.15, -0.1) is 0 Å². The number of ether oxygens (including phenoxy) is 3. The average molecular weight is 1240 g/mol. The van der Waals surface area contributed by atoms with E-state index in [0.717, 1.165) is 96.3 Å². The summed E-state index contributed by atoms with van der Waals surface area (Å²) >= 11 is 0. The summed E-state index contributed by atoms with van der Waals surface area (Å²) in [4.78, 5) is 26.7. The number of allylic oxidation sites excluding steroid dienone is 13. The van der Waals surface area contributed by atoms with Gasteiger partial charge in [-0.25, -0.2) is 0 Å². The summed E-state index contributed by atoms with van der Waals surface area (Å²) in [5.41, 5.74) is 0. The highest BCUT2D eigenvalue weighted by molar-refractivity contribution is 5.80. The van der Waals surface area contributed by atoms with E-state index >= 15 is 0 Å². The Morgan fingerprint density at radius 1 is 0.455 bits per heavy atom. The number of unbranched alkanes of at least 4 members (excludes halogenated alkanes) is 37. The summed E-state index contributed by atoms with van der Waals surface area (Å²) in [6, 6.07) is -1.03. The minimum absolute atomic E-state index is 0.117. The Labute approximate surface area is 540 Å². The zero-order valence-electron chi connectivity index (χ0n) is 56.8. The fourth-order valence-electron chi connectivity index (χ4n) is 11.3. The SMILES string of the molecule is CC/C=C\C/C=C\C/C=C\C/C=C\C/C=C\CCCCCCCCCCCCCC(=O)OC1C(OCC(NC(=O)C(O)CCCCCCCCCCCC/C=C/CCCCCCCC)C(O)/C=C/CCCCCCCCCCCC)OC(CO)C(O)C1O. The van der Waals surface area contributed by atoms with Gasteiger partial charge in [-0.05, 0) is 96.3 Å². The minimum atomic E-state index is -1.62. The quantitative estimate of drug-likeness (QED) is 0.0195. The van der Waals surface area contributed by atoms with E-state index in [4.69, 9.17) is 14.2 Å². The van der Waals surface area contributed by atoms with E-state index in [0.29, 0.717) is 12.8 Å². The Bertz CT molecular complexity index is 1760. The van der Waals surface area contributed by atoms with Crippen LogP contribution >= 0.6 is 0 Å². The summed E-state index contributed by atoms with van der Waals surface area (Å²) in [6.45, 7) is 5.71. The van der Waals surface area contributed by atoms with Crippen molar-refractivity contribution < 1.29 is 49.3 Å². The molecule has 0 aromatic rings. The fourth-order valence-corrected chi connectivity index (χ4v) is 11.3. The van der Waals surface area contributed by atoms with Crippen LogP contribution in [0.1, 0.15) is 329 Å². The smallest absolute Gasteiger partial charge is 0.306 e. The van der Waals surface area contributed by atoms with Crippen molar-refractivity contribution >= 4 is 11.9 Å². The number of aliphatic hydroxyl groups excluding tert-OH is 5. The molecule has 0 aromatic carbocycles. The van der Waals surface area contributed by atoms with Gasteiger partial charge in [0.15, 0.2) is 12.4 Å². The normalized spacial score (nSPS) is 18.7. The van der Waals surface area contributed by atoms with Crippen LogP contribution in [-0.4, -0.2) is 99.6 Å². The van der Waals surface area contributed by atoms with Crippen LogP contribution in [0.3, 0.4) is 0 Å². The van der Waals surface area contributed by atoms with Crippen molar-refractivity contribution in [1.82, 2.24) is 5.32 Å². The molecule has 0 radical (unpaired) electrons. The van der Waals surface area contributed by atoms with Gasteiger partial charge in [0, 0.05) is 6.42 Å². The Kier molecular flexibility index (Phi) is 60.2. The number of hydrogen-bond donors (Lipinski definition) is 6. The number of carbonyl (C=O) groups excluding carboxylic acids is 2. The van der Waals surface area contributed by atoms with Crippen LogP contribution in [0, 0.1) is 0 Å². The lowest BCUT2D eigenvalue weighted by molar-refractivity contribution is -0.305. The topological polar surface area (TPSA) is 175 Å². The predicted molar refractivity (Wildman–Crippen MR) is 370 cm³/mol. The molecule has 6 N–H and O–H groups in total. The highest BCUT2D eigenvalue weighted by atomic mass is 16.7. The van der Waals surface area contributed by atoms with E-state index in [1.807, 2.05) is 6.08 Å². The lowest BCUT2D eigenvalue weighted by Crippen LogP contribution is -2.61. The molecule has 1 rings (SSSR count). The molecule has 1 fully saturated rings. The van der Waals surface area contributed by atoms with Gasteiger partial charge in [-0.1, -0.05) is 311 Å². The number of nitrogens with one attached hydrogen (secondary N) is 1. The predicted octanol–water partition coefficient (Wildman–Crippen LogP) is 19.2. The highest BCUT2D eigenvalue weighted by Crippen LogP contribution is 2.26. The highest BCUT2D eigenvalue weighted by Gasteiger charge is 2.47. The molecule has 0 aliphatic carbocycles. The zero-order chi connectivity index (χ0) is 63.9. The van der Waals surface area contributed by atoms with Gasteiger partial charge in [0.25, 0.3) is 0 Å². The molecule has 11 nitrogen and oxygen atoms in total. The summed E-state index contributed by atoms with van der Waals surface area (Å²) < 4.78 is 17.7. The molecule has 1 amide bonds. The molecule has 8 unspecified atom stereocenters. The third-order valence-electron chi connectivity index (χ3n) is 17.0. The third-order valence-corrected chi connectivity index (χ3v) is 17.0. The lowest BCUT2D eigenvalue weighted by Gasteiger charge is -2.41. The molecule has 1 heterocycles. The minimum Gasteiger partial charge on any atom is -0.454 e. The van der Waals surface area contributed by atoms with E-state index in [1.165, 1.54) is 186 Å². The average Bonchev–Trinajstić information content (AvgIpc) is 1.29. The number of rotatable bonds is 63. The number of esters is 1. The molecule has 510 valence electrons. The van der Waals surface area contributed by atoms with Crippen molar-refractivity contribution in [2.24, 2.45) is 0 Å². The van der Waals surface area contributed by atoms with Crippen LogP contribution in [0.2, 0.25) is 0 Å². The van der Waals surface area contributed by atoms with Gasteiger partial charge < -0.3 is 45.1 Å². The van der Waals surface area contributed by atoms with Crippen molar-refractivity contribution in [2.45, 2.75) is 378 Å². The summed E-state index contributed by atoms with van der Waals surface area (Å²) in [5, 5.41) is 57.3. The van der Waals surface area contributed by atoms with Gasteiger partial charge in [0.05, 0.1) is 25.4 Å². The third kappa shape index (κ3) is 50.5.